The van der Waals surface area contributed by atoms with E-state index in [4.69, 9.17) is 14.9 Å². The molecule has 32 heavy (non-hydrogen) atoms. The van der Waals surface area contributed by atoms with Gasteiger partial charge in [-0.1, -0.05) is 6.07 Å². The van der Waals surface area contributed by atoms with Crippen LogP contribution in [-0.4, -0.2) is 40.3 Å². The van der Waals surface area contributed by atoms with E-state index in [-0.39, 0.29) is 11.9 Å². The number of alkyl carbamates (subject to hydrolysis) is 1. The van der Waals surface area contributed by atoms with E-state index in [1.807, 2.05) is 39.0 Å². The van der Waals surface area contributed by atoms with Gasteiger partial charge in [-0.25, -0.2) is 9.78 Å². The number of rotatable bonds is 4. The van der Waals surface area contributed by atoms with Gasteiger partial charge in [0.05, 0.1) is 19.3 Å². The van der Waals surface area contributed by atoms with Crippen molar-refractivity contribution in [3.8, 4) is 0 Å². The highest BCUT2D eigenvalue weighted by molar-refractivity contribution is 5.98. The summed E-state index contributed by atoms with van der Waals surface area (Å²) in [6.07, 6.45) is 0.811. The summed E-state index contributed by atoms with van der Waals surface area (Å²) in [4.78, 5) is 16.3. The predicted molar refractivity (Wildman–Crippen MR) is 120 cm³/mol. The van der Waals surface area contributed by atoms with Crippen molar-refractivity contribution in [2.24, 2.45) is 0 Å². The van der Waals surface area contributed by atoms with Crippen LogP contribution in [0.1, 0.15) is 43.3 Å². The van der Waals surface area contributed by atoms with Crippen LogP contribution in [-0.2, 0) is 28.9 Å². The molecule has 0 aliphatic heterocycles. The molecular formula is C24H27FN4O3. The second-order valence-electron chi connectivity index (χ2n) is 8.98. The zero-order chi connectivity index (χ0) is 23.0. The van der Waals surface area contributed by atoms with Crippen molar-refractivity contribution in [3.05, 3.63) is 64.9 Å². The number of amides is 1. The average Bonchev–Trinajstić information content (AvgIpc) is 3.23. The Hall–Kier alpha value is -3.42. The van der Waals surface area contributed by atoms with Gasteiger partial charge in [0.2, 0.25) is 11.8 Å². The molecule has 0 fully saturated rings. The van der Waals surface area contributed by atoms with Crippen molar-refractivity contribution in [1.29, 1.82) is 5.41 Å². The van der Waals surface area contributed by atoms with E-state index in [0.717, 1.165) is 22.2 Å². The minimum absolute atomic E-state index is 0.0848. The summed E-state index contributed by atoms with van der Waals surface area (Å²) in [5.74, 6) is -0.433. The number of halogens is 1. The summed E-state index contributed by atoms with van der Waals surface area (Å²) in [6.45, 7) is 5.89. The number of carbonyl (C=O) groups is 1. The van der Waals surface area contributed by atoms with Gasteiger partial charge in [-0.2, -0.15) is 4.39 Å². The summed E-state index contributed by atoms with van der Waals surface area (Å²) in [5, 5.41) is 12.0. The highest BCUT2D eigenvalue weighted by atomic mass is 19.1. The van der Waals surface area contributed by atoms with Crippen LogP contribution in [0, 0.1) is 11.4 Å². The number of hydrogen-bond acceptors (Lipinski definition) is 5. The van der Waals surface area contributed by atoms with Crippen LogP contribution in [0.15, 0.2) is 36.4 Å². The minimum Gasteiger partial charge on any atom is -0.481 e. The van der Waals surface area contributed by atoms with Crippen molar-refractivity contribution in [1.82, 2.24) is 14.9 Å². The number of carbonyl (C=O) groups excluding carboxylic acids is 1. The molecule has 2 heterocycles. The van der Waals surface area contributed by atoms with Gasteiger partial charge < -0.3 is 19.4 Å². The van der Waals surface area contributed by atoms with Crippen molar-refractivity contribution in [2.45, 2.75) is 51.8 Å². The fourth-order valence-corrected chi connectivity index (χ4v) is 4.21. The number of fused-ring (bicyclic) bond motifs is 3. The third-order valence-corrected chi connectivity index (χ3v) is 5.46. The maximum atomic E-state index is 13.7. The van der Waals surface area contributed by atoms with Crippen LogP contribution in [0.2, 0.25) is 0 Å². The van der Waals surface area contributed by atoms with Gasteiger partial charge >= 0.3 is 6.09 Å². The molecular weight excluding hydrogens is 411 g/mol. The summed E-state index contributed by atoms with van der Waals surface area (Å²) in [5.41, 5.74) is 3.85. The molecule has 1 amide bonds. The molecule has 0 radical (unpaired) electrons. The van der Waals surface area contributed by atoms with E-state index in [1.54, 1.807) is 12.1 Å². The lowest BCUT2D eigenvalue weighted by atomic mass is 10.1. The van der Waals surface area contributed by atoms with Crippen LogP contribution in [0.4, 0.5) is 9.18 Å². The zero-order valence-electron chi connectivity index (χ0n) is 18.7. The van der Waals surface area contributed by atoms with Gasteiger partial charge in [0.1, 0.15) is 5.60 Å². The smallest absolute Gasteiger partial charge is 0.407 e. The molecule has 1 aromatic carbocycles. The van der Waals surface area contributed by atoms with Gasteiger partial charge in [0, 0.05) is 34.6 Å². The minimum atomic E-state index is -0.573. The fourth-order valence-electron chi connectivity index (χ4n) is 4.21. The molecule has 1 aliphatic carbocycles. The molecule has 8 heteroatoms. The molecule has 0 saturated carbocycles. The number of pyridine rings is 1. The van der Waals surface area contributed by atoms with Crippen molar-refractivity contribution >= 4 is 22.9 Å². The third-order valence-electron chi connectivity index (χ3n) is 5.46. The summed E-state index contributed by atoms with van der Waals surface area (Å²) in [7, 11) is 1.47. The van der Waals surface area contributed by atoms with E-state index in [1.165, 1.54) is 13.2 Å². The van der Waals surface area contributed by atoms with Crippen molar-refractivity contribution in [3.63, 3.8) is 0 Å². The van der Waals surface area contributed by atoms with E-state index in [0.29, 0.717) is 30.6 Å². The van der Waals surface area contributed by atoms with E-state index < -0.39 is 17.6 Å². The molecule has 3 aromatic rings. The largest absolute Gasteiger partial charge is 0.481 e. The zero-order valence-corrected chi connectivity index (χ0v) is 18.7. The summed E-state index contributed by atoms with van der Waals surface area (Å²) >= 11 is 0. The number of benzene rings is 1. The lowest BCUT2D eigenvalue weighted by molar-refractivity contribution is 0.0506. The first-order valence-electron chi connectivity index (χ1n) is 10.5. The Kier molecular flexibility index (Phi) is 5.62. The number of hydrogen-bond donors (Lipinski definition) is 2. The Morgan fingerprint density at radius 1 is 1.28 bits per heavy atom. The first kappa shape index (κ1) is 21.8. The topological polar surface area (TPSA) is 89.2 Å². The van der Waals surface area contributed by atoms with Crippen LogP contribution in [0.5, 0.6) is 0 Å². The van der Waals surface area contributed by atoms with Crippen LogP contribution >= 0.6 is 0 Å². The quantitative estimate of drug-likeness (QED) is 0.363. The third kappa shape index (κ3) is 4.44. The summed E-state index contributed by atoms with van der Waals surface area (Å²) in [6, 6.07) is 10.4. The van der Waals surface area contributed by atoms with E-state index >= 15 is 0 Å². The van der Waals surface area contributed by atoms with Gasteiger partial charge in [0.15, 0.2) is 0 Å². The maximum Gasteiger partial charge on any atom is 0.407 e. The lowest BCUT2D eigenvalue weighted by Crippen LogP contribution is -2.39. The van der Waals surface area contributed by atoms with E-state index in [2.05, 4.69) is 14.9 Å². The number of nitrogens with one attached hydrogen (secondary N) is 2. The number of ether oxygens (including phenoxy) is 2. The monoisotopic (exact) mass is 438 g/mol. The first-order valence-corrected chi connectivity index (χ1v) is 10.5. The molecule has 1 aliphatic rings. The van der Waals surface area contributed by atoms with Crippen molar-refractivity contribution in [2.75, 3.05) is 7.11 Å². The Morgan fingerprint density at radius 3 is 2.75 bits per heavy atom. The van der Waals surface area contributed by atoms with E-state index in [9.17, 15) is 9.18 Å². The molecule has 2 aromatic heterocycles. The lowest BCUT2D eigenvalue weighted by Gasteiger charge is -2.22. The first-order chi connectivity index (χ1) is 15.1. The molecule has 1 atom stereocenters. The van der Waals surface area contributed by atoms with Gasteiger partial charge in [-0.15, -0.1) is 0 Å². The summed E-state index contributed by atoms with van der Waals surface area (Å²) < 4.78 is 26.3. The molecule has 0 saturated heterocycles. The number of methoxy groups -OCH3 is 1. The molecule has 7 nitrogen and oxygen atoms in total. The number of nitrogens with zero attached hydrogens (tertiary/aromatic N) is 2. The molecule has 4 rings (SSSR count). The molecule has 0 bridgehead atoms. The second-order valence-corrected chi connectivity index (χ2v) is 8.98. The van der Waals surface area contributed by atoms with Gasteiger partial charge in [-0.3, -0.25) is 5.41 Å². The molecule has 0 unspecified atom stereocenters. The SMILES string of the molecule is COC(=N)c1ccc2c(c1)c1c(n2Cc2cccc(F)n2)C[C@H](NC(=O)OC(C)(C)C)C1. The average molecular weight is 439 g/mol. The predicted octanol–water partition coefficient (Wildman–Crippen LogP) is 4.19. The highest BCUT2D eigenvalue weighted by Crippen LogP contribution is 2.34. The molecule has 0 spiro atoms. The second kappa shape index (κ2) is 8.26. The maximum absolute atomic E-state index is 13.7. The fraction of sp³-hybridized carbons (Fsp3) is 0.375. The Bertz CT molecular complexity index is 1200. The molecule has 168 valence electrons. The normalized spacial score (nSPS) is 15.5. The Balaban J connectivity index is 1.70. The van der Waals surface area contributed by atoms with Crippen molar-refractivity contribution < 1.29 is 18.7 Å². The van der Waals surface area contributed by atoms with Crippen LogP contribution in [0.3, 0.4) is 0 Å². The van der Waals surface area contributed by atoms with Crippen LogP contribution in [0.25, 0.3) is 10.9 Å². The standard InChI is InChI=1S/C24H27FN4O3/c1-24(2,3)32-23(30)28-16-11-18-17-10-14(22(26)31-4)8-9-19(17)29(20(18)12-16)13-15-6-5-7-21(25)27-15/h5-10,16,26H,11-13H2,1-4H3,(H,28,30)/t16-/m1/s1. The number of aromatic nitrogens is 2. The highest BCUT2D eigenvalue weighted by Gasteiger charge is 2.31. The Labute approximate surface area is 186 Å². The van der Waals surface area contributed by atoms with Gasteiger partial charge in [-0.05, 0) is 63.1 Å². The van der Waals surface area contributed by atoms with Gasteiger partial charge in [0.25, 0.3) is 0 Å². The molecule has 2 N–H and O–H groups in total. The van der Waals surface area contributed by atoms with Crippen LogP contribution < -0.4 is 5.32 Å². The Morgan fingerprint density at radius 2 is 2.06 bits per heavy atom.